The van der Waals surface area contributed by atoms with Crippen LogP contribution in [-0.2, 0) is 6.42 Å². The summed E-state index contributed by atoms with van der Waals surface area (Å²) in [5.41, 5.74) is 1.62. The van der Waals surface area contributed by atoms with Gasteiger partial charge >= 0.3 is 5.97 Å². The molecule has 2 rings (SSSR count). The lowest BCUT2D eigenvalue weighted by Gasteiger charge is -2.17. The molecular weight excluding hydrogens is 256 g/mol. The SMILES string of the molecule is Cc1cc(C(=O)O)nc(N(C)CCc2ccccn2)n1. The third-order valence-electron chi connectivity index (χ3n) is 2.83. The zero-order valence-electron chi connectivity index (χ0n) is 11.4. The van der Waals surface area contributed by atoms with Crippen LogP contribution < -0.4 is 4.90 Å². The number of carboxylic acids is 1. The number of hydrogen-bond donors (Lipinski definition) is 1. The smallest absolute Gasteiger partial charge is 0.354 e. The second-order valence-corrected chi connectivity index (χ2v) is 4.49. The summed E-state index contributed by atoms with van der Waals surface area (Å²) in [7, 11) is 1.84. The van der Waals surface area contributed by atoms with Gasteiger partial charge in [-0.25, -0.2) is 14.8 Å². The molecule has 2 aromatic heterocycles. The minimum atomic E-state index is -1.05. The average Bonchev–Trinajstić information content (AvgIpc) is 2.45. The lowest BCUT2D eigenvalue weighted by Crippen LogP contribution is -2.24. The number of aromatic carboxylic acids is 1. The van der Waals surface area contributed by atoms with E-state index in [1.54, 1.807) is 13.1 Å². The maximum absolute atomic E-state index is 11.0. The highest BCUT2D eigenvalue weighted by atomic mass is 16.4. The van der Waals surface area contributed by atoms with Gasteiger partial charge in [0.15, 0.2) is 5.69 Å². The zero-order chi connectivity index (χ0) is 14.5. The molecule has 0 amide bonds. The Morgan fingerprint density at radius 1 is 1.35 bits per heavy atom. The molecule has 6 heteroatoms. The summed E-state index contributed by atoms with van der Waals surface area (Å²) in [5, 5.41) is 9.00. The number of carbonyl (C=O) groups is 1. The Labute approximate surface area is 117 Å². The molecule has 6 nitrogen and oxygen atoms in total. The lowest BCUT2D eigenvalue weighted by atomic mass is 10.2. The van der Waals surface area contributed by atoms with Crippen LogP contribution >= 0.6 is 0 Å². The maximum atomic E-state index is 11.0. The number of rotatable bonds is 5. The van der Waals surface area contributed by atoms with Crippen LogP contribution in [0.2, 0.25) is 0 Å². The lowest BCUT2D eigenvalue weighted by molar-refractivity contribution is 0.0690. The van der Waals surface area contributed by atoms with Crippen molar-refractivity contribution in [3.63, 3.8) is 0 Å². The van der Waals surface area contributed by atoms with E-state index in [2.05, 4.69) is 15.0 Å². The number of likely N-dealkylation sites (N-methyl/N-ethyl adjacent to an activating group) is 1. The zero-order valence-corrected chi connectivity index (χ0v) is 11.4. The van der Waals surface area contributed by atoms with Crippen LogP contribution in [0.1, 0.15) is 21.9 Å². The van der Waals surface area contributed by atoms with Crippen molar-refractivity contribution in [2.75, 3.05) is 18.5 Å². The topological polar surface area (TPSA) is 79.2 Å². The fourth-order valence-corrected chi connectivity index (χ4v) is 1.76. The van der Waals surface area contributed by atoms with Gasteiger partial charge in [-0.05, 0) is 25.1 Å². The molecule has 0 aliphatic rings. The monoisotopic (exact) mass is 272 g/mol. The van der Waals surface area contributed by atoms with Gasteiger partial charge in [0.05, 0.1) is 0 Å². The normalized spacial score (nSPS) is 10.3. The number of hydrogen-bond acceptors (Lipinski definition) is 5. The van der Waals surface area contributed by atoms with Gasteiger partial charge in [0.2, 0.25) is 5.95 Å². The van der Waals surface area contributed by atoms with Crippen LogP contribution in [0.25, 0.3) is 0 Å². The summed E-state index contributed by atoms with van der Waals surface area (Å²) in [6.45, 7) is 2.42. The molecule has 2 aromatic rings. The summed E-state index contributed by atoms with van der Waals surface area (Å²) >= 11 is 0. The second-order valence-electron chi connectivity index (χ2n) is 4.49. The molecular formula is C14H16N4O2. The van der Waals surface area contributed by atoms with Crippen molar-refractivity contribution in [1.82, 2.24) is 15.0 Å². The van der Waals surface area contributed by atoms with Crippen molar-refractivity contribution >= 4 is 11.9 Å². The van der Waals surface area contributed by atoms with E-state index in [0.29, 0.717) is 18.2 Å². The molecule has 104 valence electrons. The van der Waals surface area contributed by atoms with Crippen molar-refractivity contribution < 1.29 is 9.90 Å². The summed E-state index contributed by atoms with van der Waals surface area (Å²) in [6, 6.07) is 7.22. The first-order valence-corrected chi connectivity index (χ1v) is 6.26. The predicted octanol–water partition coefficient (Wildman–Crippen LogP) is 1.56. The number of anilines is 1. The van der Waals surface area contributed by atoms with Crippen molar-refractivity contribution in [3.8, 4) is 0 Å². The van der Waals surface area contributed by atoms with Crippen LogP contribution in [0, 0.1) is 6.92 Å². The molecule has 0 radical (unpaired) electrons. The standard InChI is InChI=1S/C14H16N4O2/c1-10-9-12(13(19)20)17-14(16-10)18(2)8-6-11-5-3-4-7-15-11/h3-5,7,9H,6,8H2,1-2H3,(H,19,20). The number of carboxylic acid groups (broad SMARTS) is 1. The van der Waals surface area contributed by atoms with Crippen molar-refractivity contribution in [1.29, 1.82) is 0 Å². The predicted molar refractivity (Wildman–Crippen MR) is 74.9 cm³/mol. The Morgan fingerprint density at radius 2 is 2.15 bits per heavy atom. The number of pyridine rings is 1. The largest absolute Gasteiger partial charge is 0.477 e. The van der Waals surface area contributed by atoms with E-state index >= 15 is 0 Å². The van der Waals surface area contributed by atoms with E-state index in [4.69, 9.17) is 5.11 Å². The Morgan fingerprint density at radius 3 is 2.80 bits per heavy atom. The van der Waals surface area contributed by atoms with Gasteiger partial charge in [0.25, 0.3) is 0 Å². The number of aromatic nitrogens is 3. The van der Waals surface area contributed by atoms with Crippen LogP contribution in [0.15, 0.2) is 30.5 Å². The summed E-state index contributed by atoms with van der Waals surface area (Å²) in [4.78, 5) is 25.4. The summed E-state index contributed by atoms with van der Waals surface area (Å²) in [5.74, 6) is -0.631. The molecule has 0 aliphatic heterocycles. The first-order chi connectivity index (χ1) is 9.56. The molecule has 0 atom stereocenters. The molecule has 2 heterocycles. The highest BCUT2D eigenvalue weighted by molar-refractivity contribution is 5.85. The number of aryl methyl sites for hydroxylation is 1. The fraction of sp³-hybridized carbons (Fsp3) is 0.286. The van der Waals surface area contributed by atoms with Gasteiger partial charge in [0.1, 0.15) is 0 Å². The van der Waals surface area contributed by atoms with Crippen LogP contribution in [0.4, 0.5) is 5.95 Å². The van der Waals surface area contributed by atoms with E-state index in [9.17, 15) is 4.79 Å². The van der Waals surface area contributed by atoms with Crippen LogP contribution in [0.3, 0.4) is 0 Å². The van der Waals surface area contributed by atoms with E-state index in [-0.39, 0.29) is 5.69 Å². The molecule has 0 saturated carbocycles. The van der Waals surface area contributed by atoms with E-state index < -0.39 is 5.97 Å². The van der Waals surface area contributed by atoms with E-state index in [1.165, 1.54) is 6.07 Å². The first kappa shape index (κ1) is 13.9. The van der Waals surface area contributed by atoms with E-state index in [1.807, 2.05) is 30.1 Å². The second kappa shape index (κ2) is 6.10. The summed E-state index contributed by atoms with van der Waals surface area (Å²) in [6.07, 6.45) is 2.50. The van der Waals surface area contributed by atoms with Gasteiger partial charge in [-0.15, -0.1) is 0 Å². The van der Waals surface area contributed by atoms with Crippen LogP contribution in [-0.4, -0.2) is 39.6 Å². The summed E-state index contributed by atoms with van der Waals surface area (Å²) < 4.78 is 0. The van der Waals surface area contributed by atoms with Gasteiger partial charge in [-0.1, -0.05) is 6.07 Å². The van der Waals surface area contributed by atoms with Gasteiger partial charge in [0, 0.05) is 37.6 Å². The first-order valence-electron chi connectivity index (χ1n) is 6.26. The molecule has 0 fully saturated rings. The molecule has 20 heavy (non-hydrogen) atoms. The third-order valence-corrected chi connectivity index (χ3v) is 2.83. The highest BCUT2D eigenvalue weighted by Gasteiger charge is 2.11. The molecule has 1 N–H and O–H groups in total. The highest BCUT2D eigenvalue weighted by Crippen LogP contribution is 2.09. The molecule has 0 spiro atoms. The van der Waals surface area contributed by atoms with Gasteiger partial charge < -0.3 is 10.0 Å². The quantitative estimate of drug-likeness (QED) is 0.889. The number of nitrogens with zero attached hydrogens (tertiary/aromatic N) is 4. The van der Waals surface area contributed by atoms with Crippen molar-refractivity contribution in [3.05, 3.63) is 47.5 Å². The maximum Gasteiger partial charge on any atom is 0.354 e. The molecule has 0 bridgehead atoms. The Bertz CT molecular complexity index is 601. The average molecular weight is 272 g/mol. The third kappa shape index (κ3) is 3.50. The molecule has 0 saturated heterocycles. The Balaban J connectivity index is 2.09. The van der Waals surface area contributed by atoms with Crippen molar-refractivity contribution in [2.45, 2.75) is 13.3 Å². The van der Waals surface area contributed by atoms with E-state index in [0.717, 1.165) is 12.1 Å². The molecule has 0 aliphatic carbocycles. The van der Waals surface area contributed by atoms with Crippen molar-refractivity contribution in [2.24, 2.45) is 0 Å². The minimum Gasteiger partial charge on any atom is -0.477 e. The Hall–Kier alpha value is -2.50. The Kier molecular flexibility index (Phi) is 4.24. The minimum absolute atomic E-state index is 0.0113. The van der Waals surface area contributed by atoms with Crippen LogP contribution in [0.5, 0.6) is 0 Å². The fourth-order valence-electron chi connectivity index (χ4n) is 1.76. The van der Waals surface area contributed by atoms with Gasteiger partial charge in [-0.2, -0.15) is 0 Å². The molecule has 0 aromatic carbocycles. The van der Waals surface area contributed by atoms with Gasteiger partial charge in [-0.3, -0.25) is 4.98 Å². The molecule has 0 unspecified atom stereocenters.